The molecule has 0 atom stereocenters. The monoisotopic (exact) mass is 118 g/mol. The first-order valence-corrected chi connectivity index (χ1v) is 1.02. The predicted octanol–water partition coefficient (Wildman–Crippen LogP) is -9.02. The maximum absolute atomic E-state index is 8.33. The van der Waals surface area contributed by atoms with Gasteiger partial charge in [0.05, 0.1) is 0 Å². The van der Waals surface area contributed by atoms with Crippen LogP contribution in [0.5, 0.6) is 0 Å². The molecular weight excluding hydrogens is 118 g/mol. The molecule has 0 radical (unpaired) electrons. The van der Waals surface area contributed by atoms with E-state index in [2.05, 4.69) is 0 Å². The summed E-state index contributed by atoms with van der Waals surface area (Å²) in [5.41, 5.74) is 0. The van der Waals surface area contributed by atoms with Gasteiger partial charge in [0.2, 0.25) is 0 Å². The molecule has 0 saturated heterocycles. The fourth-order valence-corrected chi connectivity index (χ4v) is 0. The molecule has 0 saturated carbocycles. The number of rotatable bonds is 0. The van der Waals surface area contributed by atoms with Crippen LogP contribution in [-0.2, 0) is 9.59 Å². The molecule has 0 aliphatic heterocycles. The van der Waals surface area contributed by atoms with Gasteiger partial charge in [0.1, 0.15) is 0 Å². The van der Waals surface area contributed by atoms with Crippen LogP contribution in [0.3, 0.4) is 0 Å². The van der Waals surface area contributed by atoms with Crippen molar-refractivity contribution in [2.24, 2.45) is 0 Å². The van der Waals surface area contributed by atoms with Crippen molar-refractivity contribution < 1.29 is 62.3 Å². The zero-order valence-electron chi connectivity index (χ0n) is 5.04. The van der Waals surface area contributed by atoms with E-state index in [9.17, 15) is 0 Å². The van der Waals surface area contributed by atoms with E-state index in [0.717, 1.165) is 0 Å². The molecular formula is C2Li2O5. The van der Waals surface area contributed by atoms with Crippen LogP contribution in [0, 0.1) is 0 Å². The third-order valence-electron chi connectivity index (χ3n) is 0. The average molecular weight is 118 g/mol. The van der Waals surface area contributed by atoms with E-state index in [1.165, 1.54) is 0 Å². The van der Waals surface area contributed by atoms with Crippen LogP contribution in [0.4, 0.5) is 4.79 Å². The third-order valence-corrected chi connectivity index (χ3v) is 0. The van der Waals surface area contributed by atoms with E-state index < -0.39 is 6.16 Å². The van der Waals surface area contributed by atoms with Crippen molar-refractivity contribution >= 4 is 12.3 Å². The fraction of sp³-hybridized carbons (Fsp3) is 0. The molecule has 5 nitrogen and oxygen atoms in total. The van der Waals surface area contributed by atoms with Gasteiger partial charge in [-0.3, -0.25) is 0 Å². The van der Waals surface area contributed by atoms with Crippen LogP contribution >= 0.6 is 0 Å². The molecule has 0 aromatic carbocycles. The summed E-state index contributed by atoms with van der Waals surface area (Å²) < 4.78 is 0. The Morgan fingerprint density at radius 3 is 1.11 bits per heavy atom. The van der Waals surface area contributed by atoms with Crippen molar-refractivity contribution in [3.8, 4) is 0 Å². The van der Waals surface area contributed by atoms with Crippen molar-refractivity contribution in [1.82, 2.24) is 0 Å². The molecule has 0 amide bonds. The molecule has 0 bridgehead atoms. The third kappa shape index (κ3) is 11100. The van der Waals surface area contributed by atoms with E-state index in [4.69, 9.17) is 24.6 Å². The van der Waals surface area contributed by atoms with Crippen molar-refractivity contribution in [2.75, 3.05) is 0 Å². The maximum Gasteiger partial charge on any atom is 1.00 e. The summed E-state index contributed by atoms with van der Waals surface area (Å²) in [6, 6.07) is 0. The van der Waals surface area contributed by atoms with Gasteiger partial charge in [-0.2, -0.15) is 9.59 Å². The van der Waals surface area contributed by atoms with Gasteiger partial charge in [0.25, 0.3) is 0 Å². The summed E-state index contributed by atoms with van der Waals surface area (Å²) in [5.74, 6) is 0. The summed E-state index contributed by atoms with van der Waals surface area (Å²) in [7, 11) is 0. The van der Waals surface area contributed by atoms with Crippen LogP contribution in [0.2, 0.25) is 0 Å². The largest absolute Gasteiger partial charge is 1.00 e. The van der Waals surface area contributed by atoms with Gasteiger partial charge < -0.3 is 15.0 Å². The molecule has 0 aromatic rings. The van der Waals surface area contributed by atoms with Crippen molar-refractivity contribution in [3.05, 3.63) is 0 Å². The normalized spacial score (nSPS) is 3.56. The van der Waals surface area contributed by atoms with Crippen LogP contribution in [0.1, 0.15) is 0 Å². The number of hydrogen-bond donors (Lipinski definition) is 0. The molecule has 0 N–H and O–H groups in total. The van der Waals surface area contributed by atoms with Gasteiger partial charge in [-0.15, -0.1) is 0 Å². The van der Waals surface area contributed by atoms with Gasteiger partial charge >= 0.3 is 43.9 Å². The Balaban J connectivity index is -0.0000000233. The second kappa shape index (κ2) is 24.9. The second-order valence-electron chi connectivity index (χ2n) is 0.333. The minimum atomic E-state index is -2.33. The first kappa shape index (κ1) is 23.2. The Hall–Kier alpha value is -0.155. The Morgan fingerprint density at radius 2 is 1.11 bits per heavy atom. The minimum Gasteiger partial charge on any atom is -0.652 e. The van der Waals surface area contributed by atoms with Crippen molar-refractivity contribution in [1.29, 1.82) is 0 Å². The molecule has 0 fully saturated rings. The molecule has 0 aliphatic rings. The maximum atomic E-state index is 8.33. The van der Waals surface area contributed by atoms with Gasteiger partial charge in [0, 0.05) is 0 Å². The summed E-state index contributed by atoms with van der Waals surface area (Å²) >= 11 is 0. The van der Waals surface area contributed by atoms with Gasteiger partial charge in [-0.05, 0) is 6.16 Å². The van der Waals surface area contributed by atoms with Crippen molar-refractivity contribution in [3.63, 3.8) is 0 Å². The average Bonchev–Trinajstić information content (AvgIpc) is 1.33. The molecule has 0 aliphatic carbocycles. The summed E-state index contributed by atoms with van der Waals surface area (Å²) in [4.78, 5) is 24.6. The number of carbonyl (C=O) groups excluding carboxylic acids is 3. The van der Waals surface area contributed by atoms with Gasteiger partial charge in [-0.1, -0.05) is 0 Å². The molecule has 0 heterocycles. The number of carboxylic acid groups (broad SMARTS) is 2. The molecule has 40 valence electrons. The molecule has 0 spiro atoms. The van der Waals surface area contributed by atoms with E-state index in [0.29, 0.717) is 0 Å². The molecule has 0 aromatic heterocycles. The summed E-state index contributed by atoms with van der Waals surface area (Å²) in [5, 5.41) is 16.7. The van der Waals surface area contributed by atoms with Crippen LogP contribution < -0.4 is 47.9 Å². The Bertz CT molecular complexity index is 81.0. The quantitative estimate of drug-likeness (QED) is 0.294. The molecule has 0 rings (SSSR count). The zero-order valence-corrected chi connectivity index (χ0v) is 5.04. The Kier molecular flexibility index (Phi) is 64.1. The fourth-order valence-electron chi connectivity index (χ4n) is 0. The number of hydrogen-bond acceptors (Lipinski definition) is 5. The predicted molar refractivity (Wildman–Crippen MR) is 10.4 cm³/mol. The van der Waals surface area contributed by atoms with E-state index in [1.807, 2.05) is 0 Å². The second-order valence-corrected chi connectivity index (χ2v) is 0.333. The van der Waals surface area contributed by atoms with E-state index in [-0.39, 0.29) is 43.9 Å². The van der Waals surface area contributed by atoms with Gasteiger partial charge in [-0.25, -0.2) is 0 Å². The molecule has 9 heavy (non-hydrogen) atoms. The molecule has 0 unspecified atom stereocenters. The topological polar surface area (TPSA) is 97.3 Å². The minimum absolute atomic E-state index is 0. The summed E-state index contributed by atoms with van der Waals surface area (Å²) in [6.45, 7) is 0. The molecule has 7 heteroatoms. The van der Waals surface area contributed by atoms with E-state index in [1.54, 1.807) is 0 Å². The number of carbonyl (C=O) groups is 1. The standard InChI is InChI=1S/CH2O3.CO2.2Li/c2-1(3)4;2-1-3;;/h(H2,2,3,4);;;/q;;2*+1/p-2. The smallest absolute Gasteiger partial charge is 0.652 e. The van der Waals surface area contributed by atoms with Crippen LogP contribution in [0.25, 0.3) is 0 Å². The first-order chi connectivity index (χ1) is 3.15. The summed E-state index contributed by atoms with van der Waals surface area (Å²) in [6.07, 6.45) is -2.08. The van der Waals surface area contributed by atoms with Gasteiger partial charge in [0.15, 0.2) is 0 Å². The van der Waals surface area contributed by atoms with Crippen molar-refractivity contribution in [2.45, 2.75) is 0 Å². The SMILES string of the molecule is O=C([O-])[O-].O=C=O.[Li+].[Li+]. The zero-order chi connectivity index (χ0) is 6.28. The van der Waals surface area contributed by atoms with Crippen LogP contribution in [-0.4, -0.2) is 12.3 Å². The van der Waals surface area contributed by atoms with Crippen LogP contribution in [0.15, 0.2) is 0 Å². The first-order valence-electron chi connectivity index (χ1n) is 1.02. The van der Waals surface area contributed by atoms with E-state index >= 15 is 0 Å². The Labute approximate surface area is 74.8 Å². The Morgan fingerprint density at radius 1 is 1.11 bits per heavy atom.